The Labute approximate surface area is 168 Å². The fourth-order valence-corrected chi connectivity index (χ4v) is 8.31. The summed E-state index contributed by atoms with van der Waals surface area (Å²) in [5.74, 6) is -2.04. The molecule has 0 aliphatic heterocycles. The lowest BCUT2D eigenvalue weighted by atomic mass is 10.2. The van der Waals surface area contributed by atoms with E-state index in [0.29, 0.717) is 0 Å². The molecule has 0 aromatic carbocycles. The maximum absolute atomic E-state index is 10.5. The Morgan fingerprint density at radius 1 is 0.889 bits per heavy atom. The molecule has 0 aliphatic carbocycles. The van der Waals surface area contributed by atoms with Gasteiger partial charge >= 0.3 is 5.97 Å². The van der Waals surface area contributed by atoms with E-state index in [0.717, 1.165) is 0 Å². The highest BCUT2D eigenvalue weighted by Crippen LogP contribution is 2.61. The molecule has 4 nitrogen and oxygen atoms in total. The van der Waals surface area contributed by atoms with E-state index in [2.05, 4.69) is 32.4 Å². The van der Waals surface area contributed by atoms with Crippen molar-refractivity contribution in [1.82, 2.24) is 0 Å². The van der Waals surface area contributed by atoms with Crippen molar-refractivity contribution in [3.63, 3.8) is 0 Å². The van der Waals surface area contributed by atoms with Gasteiger partial charge in [0.2, 0.25) is 0 Å². The molecule has 0 amide bonds. The van der Waals surface area contributed by atoms with E-state index >= 15 is 0 Å². The van der Waals surface area contributed by atoms with Crippen molar-refractivity contribution >= 4 is 19.5 Å². The van der Waals surface area contributed by atoms with Crippen LogP contribution in [0.4, 0.5) is 0 Å². The Bertz CT molecular complexity index is 369. The van der Waals surface area contributed by atoms with Crippen LogP contribution >= 0.6 is 7.26 Å². The molecule has 0 fully saturated rings. The van der Waals surface area contributed by atoms with E-state index in [9.17, 15) is 9.59 Å². The minimum Gasteiger partial charge on any atom is -0.465 e. The Balaban J connectivity index is 0. The number of aldehydes is 1. The first-order valence-corrected chi connectivity index (χ1v) is 13.4. The van der Waals surface area contributed by atoms with Crippen LogP contribution in [0.15, 0.2) is 0 Å². The van der Waals surface area contributed by atoms with E-state index < -0.39 is 19.1 Å². The summed E-state index contributed by atoms with van der Waals surface area (Å²) in [6.45, 7) is 11.2. The summed E-state index contributed by atoms with van der Waals surface area (Å²) >= 11 is 0. The Kier molecular flexibility index (Phi) is 20.7. The van der Waals surface area contributed by atoms with Crippen molar-refractivity contribution < 1.29 is 14.3 Å². The van der Waals surface area contributed by atoms with E-state index in [1.54, 1.807) is 31.6 Å². The number of rotatable bonds is 15. The molecule has 0 aromatic rings. The van der Waals surface area contributed by atoms with Gasteiger partial charge in [-0.05, 0) is 32.6 Å². The molecule has 158 valence electrons. The Hall–Kier alpha value is -0.940. The molecule has 0 rings (SSSR count). The number of carbonyl (C=O) groups is 2. The molecule has 0 bridgehead atoms. The van der Waals surface area contributed by atoms with Gasteiger partial charge in [0.25, 0.3) is 0 Å². The SMILES string of the molecule is CCCC[P+](CCCC)(CCCC)CCCC.CCOC(=O)C(C#N)C=O. The first-order chi connectivity index (χ1) is 13.0. The third kappa shape index (κ3) is 14.7. The number of hydrogen-bond donors (Lipinski definition) is 0. The number of unbranched alkanes of at least 4 members (excludes halogenated alkanes) is 4. The molecule has 0 N–H and O–H groups in total. The molecule has 1 atom stereocenters. The molecule has 0 saturated heterocycles. The van der Waals surface area contributed by atoms with Crippen LogP contribution in [0.5, 0.6) is 0 Å². The van der Waals surface area contributed by atoms with Crippen LogP contribution in [-0.4, -0.2) is 43.5 Å². The fraction of sp³-hybridized carbons (Fsp3) is 0.864. The average molecular weight is 401 g/mol. The monoisotopic (exact) mass is 400 g/mol. The third-order valence-corrected chi connectivity index (χ3v) is 9.82. The van der Waals surface area contributed by atoms with Crippen LogP contribution in [0.25, 0.3) is 0 Å². The van der Waals surface area contributed by atoms with Crippen molar-refractivity contribution in [3.8, 4) is 6.07 Å². The van der Waals surface area contributed by atoms with Gasteiger partial charge in [-0.25, -0.2) is 0 Å². The van der Waals surface area contributed by atoms with Gasteiger partial charge in [-0.1, -0.05) is 53.4 Å². The van der Waals surface area contributed by atoms with E-state index in [1.165, 1.54) is 57.4 Å². The normalized spacial score (nSPS) is 11.7. The van der Waals surface area contributed by atoms with Crippen LogP contribution in [0.2, 0.25) is 0 Å². The van der Waals surface area contributed by atoms with Crippen molar-refractivity contribution in [2.45, 2.75) is 86.0 Å². The van der Waals surface area contributed by atoms with Crippen LogP contribution in [0.3, 0.4) is 0 Å². The first-order valence-electron chi connectivity index (χ1n) is 10.9. The van der Waals surface area contributed by atoms with Gasteiger partial charge in [0, 0.05) is 7.26 Å². The van der Waals surface area contributed by atoms with Crippen LogP contribution < -0.4 is 0 Å². The van der Waals surface area contributed by atoms with Crippen molar-refractivity contribution in [3.05, 3.63) is 0 Å². The standard InChI is InChI=1S/C16H36P.C6H7NO3/c1-5-9-13-17(14-10-6-2,15-11-7-3)16-12-8-4;1-2-10-6(9)5(3-7)4-8/h5-16H2,1-4H3;4-5H,2H2,1H3/q+1;. The van der Waals surface area contributed by atoms with Gasteiger partial charge in [-0.15, -0.1) is 0 Å². The van der Waals surface area contributed by atoms with Gasteiger partial charge in [0.15, 0.2) is 5.92 Å². The summed E-state index contributed by atoms with van der Waals surface area (Å²) in [6.07, 6.45) is 18.2. The smallest absolute Gasteiger partial charge is 0.330 e. The zero-order chi connectivity index (χ0) is 21.0. The second kappa shape index (κ2) is 19.8. The molecular weight excluding hydrogens is 357 g/mol. The molecule has 0 spiro atoms. The minimum atomic E-state index is -1.26. The van der Waals surface area contributed by atoms with Crippen LogP contribution in [0, 0.1) is 17.2 Å². The molecule has 0 heterocycles. The Morgan fingerprint density at radius 3 is 1.48 bits per heavy atom. The number of carbonyl (C=O) groups excluding carboxylic acids is 2. The molecule has 0 aromatic heterocycles. The highest BCUT2D eigenvalue weighted by molar-refractivity contribution is 7.75. The molecule has 1 unspecified atom stereocenters. The quantitative estimate of drug-likeness (QED) is 0.144. The third-order valence-electron chi connectivity index (χ3n) is 4.76. The van der Waals surface area contributed by atoms with Crippen LogP contribution in [-0.2, 0) is 14.3 Å². The lowest BCUT2D eigenvalue weighted by molar-refractivity contribution is -0.147. The second-order valence-electron chi connectivity index (χ2n) is 7.15. The molecule has 0 radical (unpaired) electrons. The summed E-state index contributed by atoms with van der Waals surface area (Å²) in [4.78, 5) is 20.5. The molecule has 0 saturated carbocycles. The van der Waals surface area contributed by atoms with Crippen LogP contribution in [0.1, 0.15) is 86.0 Å². The molecule has 27 heavy (non-hydrogen) atoms. The number of hydrogen-bond acceptors (Lipinski definition) is 4. The zero-order valence-electron chi connectivity index (χ0n) is 18.5. The summed E-state index contributed by atoms with van der Waals surface area (Å²) in [5, 5.41) is 8.14. The highest BCUT2D eigenvalue weighted by atomic mass is 31.2. The molecule has 0 aliphatic rings. The molecular formula is C22H43NO3P+. The summed E-state index contributed by atoms with van der Waals surface area (Å²) in [6, 6.07) is 1.49. The first kappa shape index (κ1) is 28.3. The summed E-state index contributed by atoms with van der Waals surface area (Å²) < 4.78 is 4.39. The fourth-order valence-electron chi connectivity index (χ4n) is 3.02. The van der Waals surface area contributed by atoms with Crippen molar-refractivity contribution in [2.75, 3.05) is 31.3 Å². The number of nitrogens with zero attached hydrogens (tertiary/aromatic N) is 1. The van der Waals surface area contributed by atoms with Gasteiger partial charge < -0.3 is 9.53 Å². The lowest BCUT2D eigenvalue weighted by Gasteiger charge is -2.28. The predicted octanol–water partition coefficient (Wildman–Crippen LogP) is 6.09. The maximum atomic E-state index is 10.5. The average Bonchev–Trinajstić information content (AvgIpc) is 2.68. The van der Waals surface area contributed by atoms with Crippen molar-refractivity contribution in [2.24, 2.45) is 5.92 Å². The van der Waals surface area contributed by atoms with Crippen molar-refractivity contribution in [1.29, 1.82) is 5.26 Å². The van der Waals surface area contributed by atoms with E-state index in [-0.39, 0.29) is 12.9 Å². The van der Waals surface area contributed by atoms with Gasteiger partial charge in [0.1, 0.15) is 6.29 Å². The van der Waals surface area contributed by atoms with Gasteiger partial charge in [0.05, 0.1) is 37.3 Å². The van der Waals surface area contributed by atoms with Gasteiger partial charge in [-0.2, -0.15) is 5.26 Å². The lowest BCUT2D eigenvalue weighted by Crippen LogP contribution is -2.16. The molecule has 5 heteroatoms. The summed E-state index contributed by atoms with van der Waals surface area (Å²) in [5.41, 5.74) is 0. The zero-order valence-corrected chi connectivity index (χ0v) is 19.4. The minimum absolute atomic E-state index is 0.185. The second-order valence-corrected chi connectivity index (χ2v) is 11.6. The van der Waals surface area contributed by atoms with E-state index in [4.69, 9.17) is 5.26 Å². The maximum Gasteiger partial charge on any atom is 0.330 e. The highest BCUT2D eigenvalue weighted by Gasteiger charge is 2.34. The van der Waals surface area contributed by atoms with Gasteiger partial charge in [-0.3, -0.25) is 4.79 Å². The largest absolute Gasteiger partial charge is 0.465 e. The summed E-state index contributed by atoms with van der Waals surface area (Å²) in [7, 11) is -0.562. The number of esters is 1. The predicted molar refractivity (Wildman–Crippen MR) is 118 cm³/mol. The van der Waals surface area contributed by atoms with E-state index in [1.807, 2.05) is 0 Å². The number of ether oxygens (including phenoxy) is 1. The number of nitriles is 1. The topological polar surface area (TPSA) is 67.2 Å². The Morgan fingerprint density at radius 2 is 1.26 bits per heavy atom.